The van der Waals surface area contributed by atoms with Crippen LogP contribution in [0.25, 0.3) is 0 Å². The molecule has 0 bridgehead atoms. The first-order valence-electron chi connectivity index (χ1n) is 6.41. The third-order valence-electron chi connectivity index (χ3n) is 3.20. The molecule has 0 unspecified atom stereocenters. The van der Waals surface area contributed by atoms with Crippen LogP contribution in [0.4, 0.5) is 0 Å². The van der Waals surface area contributed by atoms with Gasteiger partial charge in [0.2, 0.25) is 17.7 Å². The molecule has 4 N–H and O–H groups in total. The van der Waals surface area contributed by atoms with E-state index in [1.54, 1.807) is 6.92 Å². The molecule has 20 heavy (non-hydrogen) atoms. The van der Waals surface area contributed by atoms with Crippen molar-refractivity contribution in [2.24, 2.45) is 5.73 Å². The van der Waals surface area contributed by atoms with Crippen molar-refractivity contribution in [1.29, 1.82) is 0 Å². The highest BCUT2D eigenvalue weighted by atomic mass is 16.3. The highest BCUT2D eigenvalue weighted by Gasteiger charge is 2.38. The van der Waals surface area contributed by atoms with Gasteiger partial charge in [-0.3, -0.25) is 14.4 Å². The zero-order valence-corrected chi connectivity index (χ0v) is 11.8. The Hall–Kier alpha value is -1.89. The van der Waals surface area contributed by atoms with Gasteiger partial charge in [0, 0.05) is 19.9 Å². The average Bonchev–Trinajstić information content (AvgIpc) is 2.69. The SMILES string of the molecule is C=C(C)C[C@H](NC(=O)[C@@H]1C[C@@H](O)CN1C(C)=O)C(N)=O. The van der Waals surface area contributed by atoms with E-state index in [1.807, 2.05) is 0 Å². The fourth-order valence-corrected chi connectivity index (χ4v) is 2.25. The van der Waals surface area contributed by atoms with E-state index in [0.717, 1.165) is 0 Å². The summed E-state index contributed by atoms with van der Waals surface area (Å²) >= 11 is 0. The van der Waals surface area contributed by atoms with Crippen molar-refractivity contribution in [2.45, 2.75) is 44.9 Å². The Morgan fingerprint density at radius 1 is 1.45 bits per heavy atom. The molecular weight excluding hydrogens is 262 g/mol. The van der Waals surface area contributed by atoms with Gasteiger partial charge in [0.15, 0.2) is 0 Å². The minimum absolute atomic E-state index is 0.120. The van der Waals surface area contributed by atoms with Gasteiger partial charge in [-0.15, -0.1) is 6.58 Å². The Morgan fingerprint density at radius 3 is 2.50 bits per heavy atom. The number of primary amides is 1. The first kappa shape index (κ1) is 16.2. The second kappa shape index (κ2) is 6.51. The molecule has 3 amide bonds. The summed E-state index contributed by atoms with van der Waals surface area (Å²) in [6, 6.07) is -1.62. The summed E-state index contributed by atoms with van der Waals surface area (Å²) in [6.07, 6.45) is -0.330. The molecule has 0 saturated carbocycles. The molecule has 1 fully saturated rings. The topological polar surface area (TPSA) is 113 Å². The molecule has 0 aromatic rings. The number of rotatable bonds is 5. The maximum absolute atomic E-state index is 12.1. The summed E-state index contributed by atoms with van der Waals surface area (Å²) in [4.78, 5) is 36.2. The van der Waals surface area contributed by atoms with E-state index in [1.165, 1.54) is 11.8 Å². The zero-order valence-electron chi connectivity index (χ0n) is 11.8. The first-order chi connectivity index (χ1) is 9.22. The van der Waals surface area contributed by atoms with E-state index >= 15 is 0 Å². The number of aliphatic hydroxyl groups excluding tert-OH is 1. The molecule has 3 atom stereocenters. The van der Waals surface area contributed by atoms with E-state index in [-0.39, 0.29) is 25.3 Å². The third-order valence-corrected chi connectivity index (χ3v) is 3.20. The van der Waals surface area contributed by atoms with Crippen LogP contribution in [0, 0.1) is 0 Å². The van der Waals surface area contributed by atoms with Gasteiger partial charge in [-0.2, -0.15) is 0 Å². The van der Waals surface area contributed by atoms with Gasteiger partial charge in [0.1, 0.15) is 12.1 Å². The normalized spacial score (nSPS) is 23.2. The molecule has 1 rings (SSSR count). The first-order valence-corrected chi connectivity index (χ1v) is 6.41. The predicted octanol–water partition coefficient (Wildman–Crippen LogP) is -1.10. The summed E-state index contributed by atoms with van der Waals surface area (Å²) in [5, 5.41) is 12.1. The molecule has 1 heterocycles. The summed E-state index contributed by atoms with van der Waals surface area (Å²) in [5.41, 5.74) is 5.94. The van der Waals surface area contributed by atoms with Crippen LogP contribution in [0.3, 0.4) is 0 Å². The smallest absolute Gasteiger partial charge is 0.243 e. The van der Waals surface area contributed by atoms with Crippen LogP contribution in [0.5, 0.6) is 0 Å². The highest BCUT2D eigenvalue weighted by Crippen LogP contribution is 2.18. The molecule has 7 nitrogen and oxygen atoms in total. The number of aliphatic hydroxyl groups is 1. The van der Waals surface area contributed by atoms with Crippen LogP contribution in [-0.2, 0) is 14.4 Å². The molecule has 0 radical (unpaired) electrons. The maximum Gasteiger partial charge on any atom is 0.243 e. The number of β-amino-alcohol motifs (C(OH)–C–C–N with tert-alkyl or cyclic N) is 1. The monoisotopic (exact) mass is 283 g/mol. The molecule has 0 aromatic carbocycles. The number of amides is 3. The number of carbonyl (C=O) groups excluding carboxylic acids is 3. The van der Waals surface area contributed by atoms with Gasteiger partial charge in [-0.05, 0) is 13.3 Å². The van der Waals surface area contributed by atoms with Crippen molar-refractivity contribution in [3.63, 3.8) is 0 Å². The zero-order chi connectivity index (χ0) is 15.4. The molecule has 112 valence electrons. The van der Waals surface area contributed by atoms with Crippen molar-refractivity contribution < 1.29 is 19.5 Å². The maximum atomic E-state index is 12.1. The van der Waals surface area contributed by atoms with Crippen LogP contribution in [0.2, 0.25) is 0 Å². The quantitative estimate of drug-likeness (QED) is 0.556. The Bertz CT molecular complexity index is 435. The summed E-state index contributed by atoms with van der Waals surface area (Å²) in [5.74, 6) is -1.44. The Balaban J connectivity index is 2.75. The molecule has 1 saturated heterocycles. The number of hydrogen-bond acceptors (Lipinski definition) is 4. The number of nitrogens with one attached hydrogen (secondary N) is 1. The lowest BCUT2D eigenvalue weighted by atomic mass is 10.1. The van der Waals surface area contributed by atoms with E-state index in [0.29, 0.717) is 5.57 Å². The molecule has 0 spiro atoms. The fraction of sp³-hybridized carbons (Fsp3) is 0.615. The van der Waals surface area contributed by atoms with Gasteiger partial charge in [-0.1, -0.05) is 5.57 Å². The van der Waals surface area contributed by atoms with Crippen LogP contribution < -0.4 is 11.1 Å². The van der Waals surface area contributed by atoms with Crippen LogP contribution in [0.1, 0.15) is 26.7 Å². The number of carbonyl (C=O) groups is 3. The van der Waals surface area contributed by atoms with Crippen LogP contribution >= 0.6 is 0 Å². The number of nitrogens with zero attached hydrogens (tertiary/aromatic N) is 1. The summed E-state index contributed by atoms with van der Waals surface area (Å²) in [7, 11) is 0. The lowest BCUT2D eigenvalue weighted by molar-refractivity contribution is -0.138. The van der Waals surface area contributed by atoms with Crippen molar-refractivity contribution in [2.75, 3.05) is 6.54 Å². The molecule has 1 aliphatic rings. The fourth-order valence-electron chi connectivity index (χ4n) is 2.25. The second-order valence-electron chi connectivity index (χ2n) is 5.20. The van der Waals surface area contributed by atoms with E-state index < -0.39 is 30.0 Å². The minimum atomic E-state index is -0.855. The van der Waals surface area contributed by atoms with Crippen LogP contribution in [-0.4, -0.2) is 52.5 Å². The lowest BCUT2D eigenvalue weighted by Crippen LogP contribution is -2.52. The van der Waals surface area contributed by atoms with Crippen molar-refractivity contribution >= 4 is 17.7 Å². The van der Waals surface area contributed by atoms with Gasteiger partial charge < -0.3 is 21.1 Å². The molecule has 0 aliphatic carbocycles. The molecule has 7 heteroatoms. The molecular formula is C13H21N3O4. The molecule has 0 aromatic heterocycles. The standard InChI is InChI=1S/C13H21N3O4/c1-7(2)4-10(12(14)19)15-13(20)11-5-9(18)6-16(11)8(3)17/h9-11,18H,1,4-6H2,2-3H3,(H2,14,19)(H,15,20)/t9-,10+,11+/m1/s1. The number of likely N-dealkylation sites (tertiary alicyclic amines) is 1. The Morgan fingerprint density at radius 2 is 2.05 bits per heavy atom. The average molecular weight is 283 g/mol. The van der Waals surface area contributed by atoms with E-state index in [9.17, 15) is 19.5 Å². The van der Waals surface area contributed by atoms with Gasteiger partial charge in [-0.25, -0.2) is 0 Å². The third kappa shape index (κ3) is 4.06. The summed E-state index contributed by atoms with van der Waals surface area (Å²) < 4.78 is 0. The van der Waals surface area contributed by atoms with Gasteiger partial charge in [0.05, 0.1) is 6.10 Å². The summed E-state index contributed by atoms with van der Waals surface area (Å²) in [6.45, 7) is 6.85. The largest absolute Gasteiger partial charge is 0.391 e. The number of nitrogens with two attached hydrogens (primary N) is 1. The van der Waals surface area contributed by atoms with Crippen molar-refractivity contribution in [3.05, 3.63) is 12.2 Å². The van der Waals surface area contributed by atoms with E-state index in [2.05, 4.69) is 11.9 Å². The molecule has 1 aliphatic heterocycles. The highest BCUT2D eigenvalue weighted by molar-refractivity contribution is 5.91. The lowest BCUT2D eigenvalue weighted by Gasteiger charge is -2.24. The Kier molecular flexibility index (Phi) is 5.26. The van der Waals surface area contributed by atoms with Crippen molar-refractivity contribution in [3.8, 4) is 0 Å². The van der Waals surface area contributed by atoms with Crippen molar-refractivity contribution in [1.82, 2.24) is 10.2 Å². The van der Waals surface area contributed by atoms with E-state index in [4.69, 9.17) is 5.73 Å². The van der Waals surface area contributed by atoms with Gasteiger partial charge >= 0.3 is 0 Å². The van der Waals surface area contributed by atoms with Crippen LogP contribution in [0.15, 0.2) is 12.2 Å². The predicted molar refractivity (Wildman–Crippen MR) is 72.4 cm³/mol. The number of hydrogen-bond donors (Lipinski definition) is 3. The van der Waals surface area contributed by atoms with Gasteiger partial charge in [0.25, 0.3) is 0 Å². The second-order valence-corrected chi connectivity index (χ2v) is 5.20. The Labute approximate surface area is 117 Å². The minimum Gasteiger partial charge on any atom is -0.391 e.